The highest BCUT2D eigenvalue weighted by molar-refractivity contribution is 6.01. The van der Waals surface area contributed by atoms with E-state index in [9.17, 15) is 9.59 Å². The van der Waals surface area contributed by atoms with E-state index in [0.717, 1.165) is 0 Å². The molecule has 3 heteroatoms. The van der Waals surface area contributed by atoms with Gasteiger partial charge in [-0.15, -0.1) is 0 Å². The standard InChI is InChI=1S/C6H6O3/c1-4(7)5-2-3-9-6(5)8/h2-3,5H,1H3. The Kier molecular flexibility index (Phi) is 1.34. The van der Waals surface area contributed by atoms with Gasteiger partial charge >= 0.3 is 5.97 Å². The zero-order valence-corrected chi connectivity index (χ0v) is 4.96. The van der Waals surface area contributed by atoms with Crippen LogP contribution in [0.4, 0.5) is 0 Å². The summed E-state index contributed by atoms with van der Waals surface area (Å²) in [6, 6.07) is 0. The molecule has 0 radical (unpaired) electrons. The van der Waals surface area contributed by atoms with E-state index in [-0.39, 0.29) is 5.78 Å². The summed E-state index contributed by atoms with van der Waals surface area (Å²) >= 11 is 0. The van der Waals surface area contributed by atoms with Gasteiger partial charge in [-0.2, -0.15) is 0 Å². The van der Waals surface area contributed by atoms with Crippen molar-refractivity contribution in [2.24, 2.45) is 5.92 Å². The van der Waals surface area contributed by atoms with Gasteiger partial charge in [0.25, 0.3) is 0 Å². The van der Waals surface area contributed by atoms with E-state index in [1.807, 2.05) is 0 Å². The van der Waals surface area contributed by atoms with Crippen LogP contribution in [0, 0.1) is 5.92 Å². The van der Waals surface area contributed by atoms with E-state index >= 15 is 0 Å². The monoisotopic (exact) mass is 126 g/mol. The third-order valence-electron chi connectivity index (χ3n) is 1.15. The van der Waals surface area contributed by atoms with Gasteiger partial charge in [0.2, 0.25) is 0 Å². The molecule has 0 fully saturated rings. The van der Waals surface area contributed by atoms with Crippen LogP contribution in [-0.2, 0) is 14.3 Å². The van der Waals surface area contributed by atoms with Crippen LogP contribution in [0.1, 0.15) is 6.92 Å². The Labute approximate surface area is 52.3 Å². The lowest BCUT2D eigenvalue weighted by atomic mass is 10.1. The van der Waals surface area contributed by atoms with Crippen LogP contribution in [0.5, 0.6) is 0 Å². The summed E-state index contributed by atoms with van der Waals surface area (Å²) in [5, 5.41) is 0. The number of hydrogen-bond donors (Lipinski definition) is 0. The SMILES string of the molecule is CC(=O)C1C=COC1=O. The second-order valence-corrected chi connectivity index (χ2v) is 1.85. The number of carbonyl (C=O) groups excluding carboxylic acids is 2. The van der Waals surface area contributed by atoms with Crippen LogP contribution in [0.25, 0.3) is 0 Å². The summed E-state index contributed by atoms with van der Waals surface area (Å²) in [5.74, 6) is -1.29. The van der Waals surface area contributed by atoms with E-state index in [1.54, 1.807) is 0 Å². The third kappa shape index (κ3) is 0.988. The highest BCUT2D eigenvalue weighted by Crippen LogP contribution is 2.10. The summed E-state index contributed by atoms with van der Waals surface area (Å²) in [6.07, 6.45) is 2.69. The number of esters is 1. The summed E-state index contributed by atoms with van der Waals surface area (Å²) in [6.45, 7) is 1.36. The van der Waals surface area contributed by atoms with Crippen molar-refractivity contribution in [3.8, 4) is 0 Å². The Hall–Kier alpha value is -1.12. The summed E-state index contributed by atoms with van der Waals surface area (Å²) in [7, 11) is 0. The largest absolute Gasteiger partial charge is 0.434 e. The lowest BCUT2D eigenvalue weighted by Crippen LogP contribution is -2.15. The maximum Gasteiger partial charge on any atom is 0.325 e. The number of Topliss-reactive ketones (excluding diaryl/α,β-unsaturated/α-hetero) is 1. The molecular formula is C6H6O3. The molecule has 0 saturated heterocycles. The molecule has 0 N–H and O–H groups in total. The summed E-state index contributed by atoms with van der Waals surface area (Å²) < 4.78 is 4.39. The molecule has 0 amide bonds. The highest BCUT2D eigenvalue weighted by atomic mass is 16.5. The summed E-state index contributed by atoms with van der Waals surface area (Å²) in [5.41, 5.74) is 0. The molecule has 0 aliphatic carbocycles. The van der Waals surface area contributed by atoms with Crippen molar-refractivity contribution >= 4 is 11.8 Å². The smallest absolute Gasteiger partial charge is 0.325 e. The predicted molar refractivity (Wildman–Crippen MR) is 29.4 cm³/mol. The van der Waals surface area contributed by atoms with Gasteiger partial charge < -0.3 is 4.74 Å². The lowest BCUT2D eigenvalue weighted by molar-refractivity contribution is -0.142. The van der Waals surface area contributed by atoms with Crippen molar-refractivity contribution in [3.63, 3.8) is 0 Å². The first-order chi connectivity index (χ1) is 4.22. The average Bonchev–Trinajstić information content (AvgIpc) is 2.13. The lowest BCUT2D eigenvalue weighted by Gasteiger charge is -1.95. The number of hydrogen-bond acceptors (Lipinski definition) is 3. The fourth-order valence-electron chi connectivity index (χ4n) is 0.638. The van der Waals surface area contributed by atoms with Gasteiger partial charge in [-0.05, 0) is 13.0 Å². The number of rotatable bonds is 1. The number of ether oxygens (including phenoxy) is 1. The van der Waals surface area contributed by atoms with Crippen molar-refractivity contribution in [1.82, 2.24) is 0 Å². The Morgan fingerprint density at radius 3 is 2.67 bits per heavy atom. The molecule has 1 atom stereocenters. The van der Waals surface area contributed by atoms with Crippen molar-refractivity contribution in [3.05, 3.63) is 12.3 Å². The number of ketones is 1. The first-order valence-electron chi connectivity index (χ1n) is 2.59. The molecule has 0 aromatic heterocycles. The van der Waals surface area contributed by atoms with Crippen LogP contribution in [0.2, 0.25) is 0 Å². The van der Waals surface area contributed by atoms with Gasteiger partial charge in [0.05, 0.1) is 6.26 Å². The molecule has 1 aliphatic rings. The predicted octanol–water partition coefficient (Wildman–Crippen LogP) is 0.262. The Morgan fingerprint density at radius 2 is 2.44 bits per heavy atom. The van der Waals surface area contributed by atoms with Gasteiger partial charge in [-0.25, -0.2) is 0 Å². The molecule has 1 aliphatic heterocycles. The molecule has 1 heterocycles. The molecule has 0 spiro atoms. The minimum absolute atomic E-state index is 0.172. The van der Waals surface area contributed by atoms with Crippen LogP contribution < -0.4 is 0 Å². The number of cyclic esters (lactones) is 1. The van der Waals surface area contributed by atoms with E-state index in [2.05, 4.69) is 4.74 Å². The Balaban J connectivity index is 2.71. The molecule has 1 unspecified atom stereocenters. The normalized spacial score (nSPS) is 24.1. The van der Waals surface area contributed by atoms with Crippen LogP contribution in [0.3, 0.4) is 0 Å². The second kappa shape index (κ2) is 2.01. The third-order valence-corrected chi connectivity index (χ3v) is 1.15. The molecule has 48 valence electrons. The fraction of sp³-hybridized carbons (Fsp3) is 0.333. The molecule has 0 aromatic rings. The second-order valence-electron chi connectivity index (χ2n) is 1.85. The van der Waals surface area contributed by atoms with Crippen LogP contribution >= 0.6 is 0 Å². The number of carbonyl (C=O) groups is 2. The van der Waals surface area contributed by atoms with Crippen LogP contribution in [-0.4, -0.2) is 11.8 Å². The van der Waals surface area contributed by atoms with Crippen molar-refractivity contribution < 1.29 is 14.3 Å². The molecule has 0 bridgehead atoms. The molecule has 3 nitrogen and oxygen atoms in total. The molecule has 9 heavy (non-hydrogen) atoms. The van der Waals surface area contributed by atoms with Crippen LogP contribution in [0.15, 0.2) is 12.3 Å². The summed E-state index contributed by atoms with van der Waals surface area (Å²) in [4.78, 5) is 21.0. The molecule has 0 saturated carbocycles. The van der Waals surface area contributed by atoms with Crippen molar-refractivity contribution in [2.75, 3.05) is 0 Å². The zero-order valence-electron chi connectivity index (χ0n) is 4.96. The average molecular weight is 126 g/mol. The van der Waals surface area contributed by atoms with Crippen molar-refractivity contribution in [1.29, 1.82) is 0 Å². The molecular weight excluding hydrogens is 120 g/mol. The minimum Gasteiger partial charge on any atom is -0.434 e. The van der Waals surface area contributed by atoms with Gasteiger partial charge in [0.15, 0.2) is 0 Å². The first-order valence-corrected chi connectivity index (χ1v) is 2.59. The topological polar surface area (TPSA) is 43.4 Å². The highest BCUT2D eigenvalue weighted by Gasteiger charge is 2.25. The quantitative estimate of drug-likeness (QED) is 0.374. The molecule has 0 aromatic carbocycles. The van der Waals surface area contributed by atoms with Crippen molar-refractivity contribution in [2.45, 2.75) is 6.92 Å². The van der Waals surface area contributed by atoms with Gasteiger partial charge in [-0.1, -0.05) is 0 Å². The van der Waals surface area contributed by atoms with E-state index in [1.165, 1.54) is 19.3 Å². The van der Waals surface area contributed by atoms with E-state index in [0.29, 0.717) is 0 Å². The first kappa shape index (κ1) is 6.01. The molecule has 1 rings (SSSR count). The van der Waals surface area contributed by atoms with Gasteiger partial charge in [0, 0.05) is 0 Å². The Bertz CT molecular complexity index is 181. The fourth-order valence-corrected chi connectivity index (χ4v) is 0.638. The Morgan fingerprint density at radius 1 is 1.78 bits per heavy atom. The minimum atomic E-state index is -0.648. The van der Waals surface area contributed by atoms with Gasteiger partial charge in [-0.3, -0.25) is 9.59 Å². The maximum atomic E-state index is 10.5. The van der Waals surface area contributed by atoms with E-state index in [4.69, 9.17) is 0 Å². The van der Waals surface area contributed by atoms with E-state index < -0.39 is 11.9 Å². The zero-order chi connectivity index (χ0) is 6.85. The maximum absolute atomic E-state index is 10.5. The van der Waals surface area contributed by atoms with Gasteiger partial charge in [0.1, 0.15) is 11.7 Å².